The molecular formula is C14H20OS. The molecule has 88 valence electrons. The molecular weight excluding hydrogens is 216 g/mol. The fourth-order valence-corrected chi connectivity index (χ4v) is 3.49. The van der Waals surface area contributed by atoms with Crippen LogP contribution in [-0.2, 0) is 5.75 Å². The molecule has 2 rings (SSSR count). The molecule has 1 aliphatic carbocycles. The third-order valence-corrected chi connectivity index (χ3v) is 4.55. The number of hydrogen-bond donors (Lipinski definition) is 1. The van der Waals surface area contributed by atoms with E-state index in [2.05, 4.69) is 24.3 Å². The monoisotopic (exact) mass is 236 g/mol. The smallest absolute Gasteiger partial charge is 0.0737 e. The van der Waals surface area contributed by atoms with Crippen LogP contribution in [0.3, 0.4) is 0 Å². The Hall–Kier alpha value is -0.470. The third kappa shape index (κ3) is 3.53. The summed E-state index contributed by atoms with van der Waals surface area (Å²) in [5, 5.41) is 10.3. The molecule has 1 N–H and O–H groups in total. The summed E-state index contributed by atoms with van der Waals surface area (Å²) in [6, 6.07) is 10.5. The van der Waals surface area contributed by atoms with Gasteiger partial charge >= 0.3 is 0 Å². The molecule has 0 saturated heterocycles. The predicted molar refractivity (Wildman–Crippen MR) is 70.6 cm³/mol. The van der Waals surface area contributed by atoms with Gasteiger partial charge in [0, 0.05) is 11.5 Å². The SMILES string of the molecule is OC1(CSCc2ccccc2)CCCCC1. The van der Waals surface area contributed by atoms with Gasteiger partial charge in [-0.3, -0.25) is 0 Å². The minimum absolute atomic E-state index is 0.377. The van der Waals surface area contributed by atoms with Crippen LogP contribution >= 0.6 is 11.8 Å². The van der Waals surface area contributed by atoms with Crippen molar-refractivity contribution < 1.29 is 5.11 Å². The van der Waals surface area contributed by atoms with E-state index in [0.717, 1.165) is 24.3 Å². The zero-order valence-electron chi connectivity index (χ0n) is 9.69. The van der Waals surface area contributed by atoms with E-state index in [4.69, 9.17) is 0 Å². The van der Waals surface area contributed by atoms with E-state index in [9.17, 15) is 5.11 Å². The predicted octanol–water partition coefficient (Wildman–Crippen LogP) is 3.62. The van der Waals surface area contributed by atoms with Crippen LogP contribution in [0.5, 0.6) is 0 Å². The molecule has 1 aromatic carbocycles. The Morgan fingerprint density at radius 2 is 1.75 bits per heavy atom. The van der Waals surface area contributed by atoms with Gasteiger partial charge in [-0.1, -0.05) is 49.6 Å². The maximum atomic E-state index is 10.3. The molecule has 1 aliphatic rings. The summed E-state index contributed by atoms with van der Waals surface area (Å²) in [6.07, 6.45) is 5.68. The fraction of sp³-hybridized carbons (Fsp3) is 0.571. The fourth-order valence-electron chi connectivity index (χ4n) is 2.29. The first kappa shape index (κ1) is 12.0. The molecule has 0 unspecified atom stereocenters. The maximum absolute atomic E-state index is 10.3. The summed E-state index contributed by atoms with van der Waals surface area (Å²) in [4.78, 5) is 0. The average molecular weight is 236 g/mol. The lowest BCUT2D eigenvalue weighted by molar-refractivity contribution is 0.0273. The molecule has 0 amide bonds. The van der Waals surface area contributed by atoms with Gasteiger partial charge in [0.1, 0.15) is 0 Å². The molecule has 0 aromatic heterocycles. The topological polar surface area (TPSA) is 20.2 Å². The Morgan fingerprint density at radius 3 is 2.44 bits per heavy atom. The van der Waals surface area contributed by atoms with Crippen molar-refractivity contribution in [3.05, 3.63) is 35.9 Å². The minimum atomic E-state index is -0.377. The highest BCUT2D eigenvalue weighted by Crippen LogP contribution is 2.31. The molecule has 1 saturated carbocycles. The van der Waals surface area contributed by atoms with Crippen molar-refractivity contribution in [3.63, 3.8) is 0 Å². The number of benzene rings is 1. The maximum Gasteiger partial charge on any atom is 0.0737 e. The van der Waals surface area contributed by atoms with E-state index in [1.54, 1.807) is 0 Å². The van der Waals surface area contributed by atoms with Gasteiger partial charge in [-0.15, -0.1) is 0 Å². The van der Waals surface area contributed by atoms with Crippen LogP contribution in [0, 0.1) is 0 Å². The number of hydrogen-bond acceptors (Lipinski definition) is 2. The standard InChI is InChI=1S/C14H20OS/c15-14(9-5-2-6-10-14)12-16-11-13-7-3-1-4-8-13/h1,3-4,7-8,15H,2,5-6,9-12H2. The van der Waals surface area contributed by atoms with Gasteiger partial charge < -0.3 is 5.11 Å². The van der Waals surface area contributed by atoms with Crippen LogP contribution in [0.1, 0.15) is 37.7 Å². The van der Waals surface area contributed by atoms with Crippen LogP contribution in [0.2, 0.25) is 0 Å². The first-order valence-corrected chi connectivity index (χ1v) is 7.28. The molecule has 0 aliphatic heterocycles. The van der Waals surface area contributed by atoms with Crippen LogP contribution in [-0.4, -0.2) is 16.5 Å². The van der Waals surface area contributed by atoms with E-state index >= 15 is 0 Å². The molecule has 0 heterocycles. The van der Waals surface area contributed by atoms with Gasteiger partial charge in [-0.2, -0.15) is 11.8 Å². The summed E-state index contributed by atoms with van der Waals surface area (Å²) >= 11 is 1.86. The summed E-state index contributed by atoms with van der Waals surface area (Å²) in [6.45, 7) is 0. The van der Waals surface area contributed by atoms with Crippen molar-refractivity contribution in [2.75, 3.05) is 5.75 Å². The summed E-state index contributed by atoms with van der Waals surface area (Å²) in [5.41, 5.74) is 0.976. The van der Waals surface area contributed by atoms with Crippen LogP contribution in [0.15, 0.2) is 30.3 Å². The first-order chi connectivity index (χ1) is 7.79. The molecule has 2 heteroatoms. The third-order valence-electron chi connectivity index (χ3n) is 3.27. The van der Waals surface area contributed by atoms with Gasteiger partial charge in [-0.05, 0) is 18.4 Å². The summed E-state index contributed by atoms with van der Waals surface area (Å²) in [5.74, 6) is 1.91. The number of rotatable bonds is 4. The van der Waals surface area contributed by atoms with Crippen LogP contribution in [0.4, 0.5) is 0 Å². The second kappa shape index (κ2) is 5.74. The Labute approximate surface area is 102 Å². The highest BCUT2D eigenvalue weighted by Gasteiger charge is 2.28. The average Bonchev–Trinajstić information content (AvgIpc) is 2.31. The van der Waals surface area contributed by atoms with Crippen molar-refractivity contribution in [2.24, 2.45) is 0 Å². The molecule has 16 heavy (non-hydrogen) atoms. The van der Waals surface area contributed by atoms with Crippen LogP contribution < -0.4 is 0 Å². The Balaban J connectivity index is 1.75. The zero-order valence-corrected chi connectivity index (χ0v) is 10.5. The van der Waals surface area contributed by atoms with Crippen molar-refractivity contribution >= 4 is 11.8 Å². The van der Waals surface area contributed by atoms with Gasteiger partial charge in [0.25, 0.3) is 0 Å². The lowest BCUT2D eigenvalue weighted by Gasteiger charge is -2.31. The lowest BCUT2D eigenvalue weighted by Crippen LogP contribution is -2.34. The second-order valence-electron chi connectivity index (χ2n) is 4.76. The molecule has 1 nitrogen and oxygen atoms in total. The van der Waals surface area contributed by atoms with E-state index in [0.29, 0.717) is 0 Å². The van der Waals surface area contributed by atoms with Crippen molar-refractivity contribution in [2.45, 2.75) is 43.5 Å². The van der Waals surface area contributed by atoms with E-state index in [-0.39, 0.29) is 5.60 Å². The summed E-state index contributed by atoms with van der Waals surface area (Å²) in [7, 11) is 0. The van der Waals surface area contributed by atoms with Crippen molar-refractivity contribution in [1.29, 1.82) is 0 Å². The van der Waals surface area contributed by atoms with Gasteiger partial charge in [-0.25, -0.2) is 0 Å². The highest BCUT2D eigenvalue weighted by atomic mass is 32.2. The molecule has 1 fully saturated rings. The Kier molecular flexibility index (Phi) is 4.30. The van der Waals surface area contributed by atoms with Gasteiger partial charge in [0.2, 0.25) is 0 Å². The first-order valence-electron chi connectivity index (χ1n) is 6.13. The molecule has 0 radical (unpaired) electrons. The van der Waals surface area contributed by atoms with Gasteiger partial charge in [0.15, 0.2) is 0 Å². The lowest BCUT2D eigenvalue weighted by atomic mass is 9.86. The summed E-state index contributed by atoms with van der Waals surface area (Å²) < 4.78 is 0. The number of thioether (sulfide) groups is 1. The number of aliphatic hydroxyl groups is 1. The molecule has 1 aromatic rings. The Bertz CT molecular complexity index is 304. The minimum Gasteiger partial charge on any atom is -0.389 e. The van der Waals surface area contributed by atoms with Crippen molar-refractivity contribution in [1.82, 2.24) is 0 Å². The normalized spacial score (nSPS) is 19.6. The van der Waals surface area contributed by atoms with E-state index in [1.165, 1.54) is 24.8 Å². The van der Waals surface area contributed by atoms with Crippen LogP contribution in [0.25, 0.3) is 0 Å². The van der Waals surface area contributed by atoms with E-state index in [1.807, 2.05) is 17.8 Å². The van der Waals surface area contributed by atoms with Gasteiger partial charge in [0.05, 0.1) is 5.60 Å². The quantitative estimate of drug-likeness (QED) is 0.861. The zero-order chi connectivity index (χ0) is 11.3. The van der Waals surface area contributed by atoms with E-state index < -0.39 is 0 Å². The largest absolute Gasteiger partial charge is 0.389 e. The second-order valence-corrected chi connectivity index (χ2v) is 5.75. The molecule has 0 bridgehead atoms. The highest BCUT2D eigenvalue weighted by molar-refractivity contribution is 7.98. The molecule has 0 spiro atoms. The Morgan fingerprint density at radius 1 is 1.06 bits per heavy atom. The van der Waals surface area contributed by atoms with Crippen molar-refractivity contribution in [3.8, 4) is 0 Å². The molecule has 0 atom stereocenters.